The van der Waals surface area contributed by atoms with Gasteiger partial charge >= 0.3 is 17.6 Å². The molecule has 0 aromatic carbocycles. The highest BCUT2D eigenvalue weighted by Gasteiger charge is 2.49. The first-order valence-corrected chi connectivity index (χ1v) is 20.9. The van der Waals surface area contributed by atoms with Gasteiger partial charge in [-0.15, -0.1) is 0 Å². The van der Waals surface area contributed by atoms with Crippen molar-refractivity contribution in [1.29, 1.82) is 0 Å². The van der Waals surface area contributed by atoms with Crippen molar-refractivity contribution in [3.05, 3.63) is 0 Å². The first kappa shape index (κ1) is 35.6. The van der Waals surface area contributed by atoms with Gasteiger partial charge in [-0.1, -0.05) is 27.7 Å². The molecular formula is C31H62O8Si2. The average molecular weight is 619 g/mol. The Bertz CT molecular complexity index is 691. The highest BCUT2D eigenvalue weighted by Crippen LogP contribution is 2.43. The summed E-state index contributed by atoms with van der Waals surface area (Å²) < 4.78 is 47.9. The van der Waals surface area contributed by atoms with Crippen molar-refractivity contribution >= 4 is 17.6 Å². The summed E-state index contributed by atoms with van der Waals surface area (Å²) >= 11 is 0. The van der Waals surface area contributed by atoms with Crippen LogP contribution in [0.5, 0.6) is 0 Å². The van der Waals surface area contributed by atoms with Crippen molar-refractivity contribution in [2.24, 2.45) is 11.8 Å². The molecule has 4 fully saturated rings. The van der Waals surface area contributed by atoms with Crippen molar-refractivity contribution in [1.82, 2.24) is 0 Å². The van der Waals surface area contributed by atoms with Gasteiger partial charge in [0.1, 0.15) is 0 Å². The molecule has 0 aromatic rings. The van der Waals surface area contributed by atoms with Crippen LogP contribution in [0.15, 0.2) is 0 Å². The largest absolute Gasteiger partial charge is 0.500 e. The Balaban J connectivity index is 0.000000228. The number of rotatable bonds is 20. The first-order valence-electron chi connectivity index (χ1n) is 17.1. The molecule has 0 radical (unpaired) electrons. The second-order valence-corrected chi connectivity index (χ2v) is 17.6. The smallest absolute Gasteiger partial charge is 0.374 e. The zero-order chi connectivity index (χ0) is 29.7. The molecule has 10 heteroatoms. The molecule has 0 aromatic heterocycles. The molecule has 2 aliphatic carbocycles. The fourth-order valence-electron chi connectivity index (χ4n) is 6.56. The van der Waals surface area contributed by atoms with Gasteiger partial charge in [-0.3, -0.25) is 0 Å². The third-order valence-corrected chi connectivity index (χ3v) is 14.8. The lowest BCUT2D eigenvalue weighted by molar-refractivity contribution is -0.00210. The van der Waals surface area contributed by atoms with Crippen LogP contribution in [0.2, 0.25) is 12.1 Å². The van der Waals surface area contributed by atoms with Crippen LogP contribution in [0.25, 0.3) is 0 Å². The summed E-state index contributed by atoms with van der Waals surface area (Å²) in [6, 6.07) is 1.81. The molecule has 4 rings (SSSR count). The van der Waals surface area contributed by atoms with Crippen molar-refractivity contribution in [2.75, 3.05) is 33.0 Å². The minimum Gasteiger partial charge on any atom is -0.374 e. The van der Waals surface area contributed by atoms with E-state index in [-0.39, 0.29) is 6.10 Å². The SMILES string of the molecule is CCCO[Si](CC)(OCCC)OC(CC)C1CCC2OC2C1.CCO[Si](CCC1CCC2OC2C1)(OCC)OCC. The van der Waals surface area contributed by atoms with Gasteiger partial charge in [0, 0.05) is 45.1 Å². The summed E-state index contributed by atoms with van der Waals surface area (Å²) in [4.78, 5) is 0. The predicted molar refractivity (Wildman–Crippen MR) is 166 cm³/mol. The summed E-state index contributed by atoms with van der Waals surface area (Å²) in [7, 11) is -4.96. The Morgan fingerprint density at radius 2 is 1.20 bits per heavy atom. The van der Waals surface area contributed by atoms with Gasteiger partial charge in [-0.2, -0.15) is 0 Å². The quantitative estimate of drug-likeness (QED) is 0.105. The summed E-state index contributed by atoms with van der Waals surface area (Å²) in [5.74, 6) is 1.36. The molecule has 2 saturated carbocycles. The third-order valence-electron chi connectivity index (χ3n) is 8.85. The van der Waals surface area contributed by atoms with Crippen LogP contribution in [-0.2, 0) is 36.0 Å². The maximum atomic E-state index is 6.59. The van der Waals surface area contributed by atoms with Crippen LogP contribution in [-0.4, -0.2) is 81.2 Å². The molecule has 4 aliphatic rings. The van der Waals surface area contributed by atoms with Crippen LogP contribution in [0.1, 0.15) is 113 Å². The Labute approximate surface area is 253 Å². The van der Waals surface area contributed by atoms with E-state index in [0.717, 1.165) is 63.3 Å². The number of ether oxygens (including phenoxy) is 2. The van der Waals surface area contributed by atoms with Crippen molar-refractivity contribution in [3.63, 3.8) is 0 Å². The van der Waals surface area contributed by atoms with Gasteiger partial charge in [0.2, 0.25) is 0 Å². The van der Waals surface area contributed by atoms with E-state index in [2.05, 4.69) is 27.7 Å². The second kappa shape index (κ2) is 18.2. The first-order chi connectivity index (χ1) is 19.9. The maximum Gasteiger partial charge on any atom is 0.500 e. The predicted octanol–water partition coefficient (Wildman–Crippen LogP) is 7.15. The van der Waals surface area contributed by atoms with Crippen molar-refractivity contribution in [3.8, 4) is 0 Å². The molecule has 2 heterocycles. The van der Waals surface area contributed by atoms with Gasteiger partial charge in [-0.05, 0) is 96.8 Å². The van der Waals surface area contributed by atoms with Crippen molar-refractivity contribution < 1.29 is 36.0 Å². The molecule has 41 heavy (non-hydrogen) atoms. The number of hydrogen-bond donors (Lipinski definition) is 0. The molecule has 0 spiro atoms. The zero-order valence-electron chi connectivity index (χ0n) is 27.3. The highest BCUT2D eigenvalue weighted by molar-refractivity contribution is 6.61. The topological polar surface area (TPSA) is 80.4 Å². The van der Waals surface area contributed by atoms with E-state index in [9.17, 15) is 0 Å². The summed E-state index contributed by atoms with van der Waals surface area (Å²) in [5, 5.41) is 0. The maximum absolute atomic E-state index is 6.59. The minimum atomic E-state index is -2.53. The van der Waals surface area contributed by atoms with Gasteiger partial charge in [-0.25, -0.2) is 0 Å². The van der Waals surface area contributed by atoms with Crippen molar-refractivity contribution in [2.45, 2.75) is 155 Å². The molecule has 0 amide bonds. The second-order valence-electron chi connectivity index (χ2n) is 12.0. The molecule has 0 bridgehead atoms. The van der Waals surface area contributed by atoms with Crippen LogP contribution in [0.3, 0.4) is 0 Å². The van der Waals surface area contributed by atoms with Gasteiger partial charge in [0.05, 0.1) is 30.5 Å². The monoisotopic (exact) mass is 618 g/mol. The Kier molecular flexibility index (Phi) is 15.8. The molecule has 0 N–H and O–H groups in total. The Hall–Kier alpha value is 0.114. The minimum absolute atomic E-state index is 0.255. The molecular weight excluding hydrogens is 557 g/mol. The van der Waals surface area contributed by atoms with E-state index in [1.165, 1.54) is 32.1 Å². The van der Waals surface area contributed by atoms with E-state index in [1.807, 2.05) is 20.8 Å². The van der Waals surface area contributed by atoms with Gasteiger partial charge in [0.15, 0.2) is 0 Å². The molecule has 2 saturated heterocycles. The number of epoxide rings is 2. The lowest BCUT2D eigenvalue weighted by atomic mass is 9.84. The summed E-state index contributed by atoms with van der Waals surface area (Å²) in [5.41, 5.74) is 0. The number of fused-ring (bicyclic) bond motifs is 2. The van der Waals surface area contributed by atoms with E-state index in [1.54, 1.807) is 0 Å². The average Bonchev–Trinajstić information content (AvgIpc) is 3.91. The molecule has 8 nitrogen and oxygen atoms in total. The Morgan fingerprint density at radius 1 is 0.634 bits per heavy atom. The molecule has 2 aliphatic heterocycles. The summed E-state index contributed by atoms with van der Waals surface area (Å²) in [6.07, 6.45) is 14.0. The molecule has 7 unspecified atom stereocenters. The summed E-state index contributed by atoms with van der Waals surface area (Å²) in [6.45, 7) is 18.2. The zero-order valence-corrected chi connectivity index (χ0v) is 29.3. The molecule has 242 valence electrons. The Morgan fingerprint density at radius 3 is 1.66 bits per heavy atom. The highest BCUT2D eigenvalue weighted by atomic mass is 28.4. The van der Waals surface area contributed by atoms with E-state index < -0.39 is 17.6 Å². The molecule has 7 atom stereocenters. The van der Waals surface area contributed by atoms with E-state index in [0.29, 0.717) is 50.2 Å². The standard InChI is InChI=1S/C17H34O4Si.C14H28O4Si/c1-5-11-18-22(8-4,19-12-6-2)21-15(7-3)14-9-10-16-17(13-14)20-16;1-4-15-19(16-5-2,17-6-3)10-9-12-7-8-13-14(11-12)18-13/h14-17H,5-13H2,1-4H3;12-14H,4-11H2,1-3H3. The fourth-order valence-corrected chi connectivity index (χ4v) is 12.0. The van der Waals surface area contributed by atoms with Crippen LogP contribution >= 0.6 is 0 Å². The number of hydrogen-bond acceptors (Lipinski definition) is 8. The third kappa shape index (κ3) is 11.2. The van der Waals surface area contributed by atoms with E-state index in [4.69, 9.17) is 36.0 Å². The van der Waals surface area contributed by atoms with E-state index >= 15 is 0 Å². The van der Waals surface area contributed by atoms with Gasteiger partial charge in [0.25, 0.3) is 0 Å². The van der Waals surface area contributed by atoms with Gasteiger partial charge < -0.3 is 36.0 Å². The normalized spacial score (nSPS) is 29.6. The lowest BCUT2D eigenvalue weighted by Gasteiger charge is -2.36. The fraction of sp³-hybridized carbons (Fsp3) is 1.00. The lowest BCUT2D eigenvalue weighted by Crippen LogP contribution is -2.50. The van der Waals surface area contributed by atoms with Crippen LogP contribution in [0.4, 0.5) is 0 Å². The van der Waals surface area contributed by atoms with Crippen LogP contribution < -0.4 is 0 Å². The van der Waals surface area contributed by atoms with Crippen LogP contribution in [0, 0.1) is 11.8 Å².